The summed E-state index contributed by atoms with van der Waals surface area (Å²) in [5.41, 5.74) is 8.53. The molecular weight excluding hydrogens is 374 g/mol. The van der Waals surface area contributed by atoms with E-state index in [4.69, 9.17) is 10.5 Å². The molecule has 4 heterocycles. The van der Waals surface area contributed by atoms with Gasteiger partial charge in [-0.2, -0.15) is 0 Å². The number of anilines is 1. The van der Waals surface area contributed by atoms with Crippen LogP contribution in [0.5, 0.6) is 0 Å². The highest BCUT2D eigenvalue weighted by Crippen LogP contribution is 2.51. The van der Waals surface area contributed by atoms with Gasteiger partial charge in [0.15, 0.2) is 0 Å². The van der Waals surface area contributed by atoms with Crippen molar-refractivity contribution in [3.63, 3.8) is 0 Å². The largest absolute Gasteiger partial charge is 0.384 e. The molecule has 2 saturated heterocycles. The number of ether oxygens (including phenoxy) is 1. The van der Waals surface area contributed by atoms with Crippen molar-refractivity contribution < 1.29 is 4.74 Å². The van der Waals surface area contributed by atoms with Crippen molar-refractivity contribution in [3.05, 3.63) is 54.0 Å². The van der Waals surface area contributed by atoms with E-state index in [0.29, 0.717) is 18.0 Å². The molecule has 2 aliphatic heterocycles. The van der Waals surface area contributed by atoms with E-state index in [-0.39, 0.29) is 5.54 Å². The Balaban J connectivity index is 1.06. The zero-order chi connectivity index (χ0) is 20.4. The van der Waals surface area contributed by atoms with Crippen LogP contribution >= 0.6 is 0 Å². The number of nitrogens with two attached hydrogens (primary N) is 1. The van der Waals surface area contributed by atoms with E-state index in [1.807, 2.05) is 18.3 Å². The second kappa shape index (κ2) is 8.61. The van der Waals surface area contributed by atoms with Crippen LogP contribution in [0.3, 0.4) is 0 Å². The van der Waals surface area contributed by atoms with Gasteiger partial charge in [-0.25, -0.2) is 4.98 Å². The summed E-state index contributed by atoms with van der Waals surface area (Å²) in [5.74, 6) is 0.605. The zero-order valence-corrected chi connectivity index (χ0v) is 17.7. The maximum atomic E-state index is 6.54. The Morgan fingerprint density at radius 3 is 2.30 bits per heavy atom. The minimum Gasteiger partial charge on any atom is -0.384 e. The summed E-state index contributed by atoms with van der Waals surface area (Å²) in [4.78, 5) is 13.9. The molecule has 2 aromatic heterocycles. The standard InChI is InChI=1S/C24H33N5O/c25-23-17-19(4-12-27-23)18-28-13-5-20(6-14-28)30-21-7-15-29(16-8-21)24(9-10-24)22-3-1-2-11-26-22/h1-4,11-12,17,20-21H,5-10,13-16,18H2,(H2,25,27). The molecule has 0 amide bonds. The van der Waals surface area contributed by atoms with Gasteiger partial charge >= 0.3 is 0 Å². The number of hydrogen-bond donors (Lipinski definition) is 1. The van der Waals surface area contributed by atoms with Crippen molar-refractivity contribution in [2.75, 3.05) is 31.9 Å². The highest BCUT2D eigenvalue weighted by molar-refractivity contribution is 5.31. The SMILES string of the molecule is Nc1cc(CN2CCC(OC3CCN(C4(c5ccccn5)CC4)CC3)CC2)ccn1. The van der Waals surface area contributed by atoms with Gasteiger partial charge in [0.05, 0.1) is 23.4 Å². The van der Waals surface area contributed by atoms with Crippen molar-refractivity contribution in [1.29, 1.82) is 0 Å². The average molecular weight is 408 g/mol. The Kier molecular flexibility index (Phi) is 5.72. The highest BCUT2D eigenvalue weighted by Gasteiger charge is 2.51. The van der Waals surface area contributed by atoms with E-state index in [1.54, 1.807) is 6.20 Å². The van der Waals surface area contributed by atoms with Crippen LogP contribution in [0.2, 0.25) is 0 Å². The molecule has 30 heavy (non-hydrogen) atoms. The van der Waals surface area contributed by atoms with Gasteiger partial charge in [0.2, 0.25) is 0 Å². The van der Waals surface area contributed by atoms with E-state index >= 15 is 0 Å². The number of likely N-dealkylation sites (tertiary alicyclic amines) is 2. The molecule has 1 aliphatic carbocycles. The Labute approximate surface area is 179 Å². The van der Waals surface area contributed by atoms with Gasteiger partial charge in [-0.1, -0.05) is 6.07 Å². The van der Waals surface area contributed by atoms with E-state index in [0.717, 1.165) is 58.4 Å². The third-order valence-electron chi connectivity index (χ3n) is 7.08. The molecule has 0 unspecified atom stereocenters. The summed E-state index contributed by atoms with van der Waals surface area (Å²) < 4.78 is 6.54. The zero-order valence-electron chi connectivity index (χ0n) is 17.7. The Morgan fingerprint density at radius 1 is 0.933 bits per heavy atom. The lowest BCUT2D eigenvalue weighted by molar-refractivity contribution is -0.0714. The Hall–Kier alpha value is -2.02. The van der Waals surface area contributed by atoms with Crippen LogP contribution in [-0.4, -0.2) is 58.2 Å². The maximum absolute atomic E-state index is 6.54. The molecule has 2 N–H and O–H groups in total. The fourth-order valence-electron chi connectivity index (χ4n) is 5.24. The normalized spacial score (nSPS) is 23.5. The number of rotatable bonds is 6. The fourth-order valence-corrected chi connectivity index (χ4v) is 5.24. The van der Waals surface area contributed by atoms with Crippen molar-refractivity contribution in [1.82, 2.24) is 19.8 Å². The average Bonchev–Trinajstić information content (AvgIpc) is 3.59. The van der Waals surface area contributed by atoms with Gasteiger partial charge in [0.1, 0.15) is 5.82 Å². The molecule has 5 rings (SSSR count). The van der Waals surface area contributed by atoms with Crippen molar-refractivity contribution >= 4 is 5.82 Å². The highest BCUT2D eigenvalue weighted by atomic mass is 16.5. The first kappa shape index (κ1) is 19.9. The number of aromatic nitrogens is 2. The second-order valence-electron chi connectivity index (χ2n) is 9.13. The van der Waals surface area contributed by atoms with Crippen molar-refractivity contribution in [3.8, 4) is 0 Å². The first-order valence-electron chi connectivity index (χ1n) is 11.5. The van der Waals surface area contributed by atoms with Crippen LogP contribution in [0, 0.1) is 0 Å². The molecule has 2 aromatic rings. The van der Waals surface area contributed by atoms with E-state index < -0.39 is 0 Å². The molecule has 0 aromatic carbocycles. The van der Waals surface area contributed by atoms with Gasteiger partial charge in [-0.3, -0.25) is 14.8 Å². The summed E-state index contributed by atoms with van der Waals surface area (Å²) in [6, 6.07) is 10.4. The lowest BCUT2D eigenvalue weighted by Crippen LogP contribution is -2.45. The van der Waals surface area contributed by atoms with Gasteiger partial charge in [0, 0.05) is 45.1 Å². The molecule has 1 saturated carbocycles. The number of piperidine rings is 2. The van der Waals surface area contributed by atoms with Crippen molar-refractivity contribution in [2.24, 2.45) is 0 Å². The monoisotopic (exact) mass is 407 g/mol. The van der Waals surface area contributed by atoms with Gasteiger partial charge in [0.25, 0.3) is 0 Å². The summed E-state index contributed by atoms with van der Waals surface area (Å²) in [5, 5.41) is 0. The number of hydrogen-bond acceptors (Lipinski definition) is 6. The fraction of sp³-hybridized carbons (Fsp3) is 0.583. The summed E-state index contributed by atoms with van der Waals surface area (Å²) in [6.45, 7) is 5.39. The molecular formula is C24H33N5O. The Bertz CT molecular complexity index is 824. The third-order valence-corrected chi connectivity index (χ3v) is 7.08. The molecule has 0 radical (unpaired) electrons. The topological polar surface area (TPSA) is 67.5 Å². The first-order valence-corrected chi connectivity index (χ1v) is 11.5. The molecule has 3 fully saturated rings. The second-order valence-corrected chi connectivity index (χ2v) is 9.13. The molecule has 160 valence electrons. The molecule has 0 bridgehead atoms. The number of pyridine rings is 2. The molecule has 0 spiro atoms. The molecule has 6 nitrogen and oxygen atoms in total. The van der Waals surface area contributed by atoms with Gasteiger partial charge < -0.3 is 10.5 Å². The van der Waals surface area contributed by atoms with Crippen LogP contribution in [-0.2, 0) is 16.8 Å². The number of nitrogens with zero attached hydrogens (tertiary/aromatic N) is 4. The number of nitrogen functional groups attached to an aromatic ring is 1. The lowest BCUT2D eigenvalue weighted by atomic mass is 10.0. The van der Waals surface area contributed by atoms with E-state index in [9.17, 15) is 0 Å². The minimum atomic E-state index is 0.216. The van der Waals surface area contributed by atoms with Gasteiger partial charge in [-0.15, -0.1) is 0 Å². The Morgan fingerprint density at radius 2 is 1.67 bits per heavy atom. The smallest absolute Gasteiger partial charge is 0.123 e. The van der Waals surface area contributed by atoms with Gasteiger partial charge in [-0.05, 0) is 68.4 Å². The van der Waals surface area contributed by atoms with Crippen LogP contribution in [0.15, 0.2) is 42.7 Å². The predicted molar refractivity (Wildman–Crippen MR) is 118 cm³/mol. The summed E-state index contributed by atoms with van der Waals surface area (Å²) in [6.07, 6.45) is 11.6. The van der Waals surface area contributed by atoms with Crippen molar-refractivity contribution in [2.45, 2.75) is 62.8 Å². The summed E-state index contributed by atoms with van der Waals surface area (Å²) in [7, 11) is 0. The van der Waals surface area contributed by atoms with Crippen LogP contribution < -0.4 is 5.73 Å². The van der Waals surface area contributed by atoms with Crippen LogP contribution in [0.25, 0.3) is 0 Å². The quantitative estimate of drug-likeness (QED) is 0.793. The predicted octanol–water partition coefficient (Wildman–Crippen LogP) is 3.19. The van der Waals surface area contributed by atoms with E-state index in [2.05, 4.69) is 38.0 Å². The minimum absolute atomic E-state index is 0.216. The maximum Gasteiger partial charge on any atom is 0.123 e. The molecule has 3 aliphatic rings. The van der Waals surface area contributed by atoms with E-state index in [1.165, 1.54) is 24.1 Å². The van der Waals surface area contributed by atoms with Crippen LogP contribution in [0.4, 0.5) is 5.82 Å². The van der Waals surface area contributed by atoms with Crippen LogP contribution in [0.1, 0.15) is 49.8 Å². The summed E-state index contributed by atoms with van der Waals surface area (Å²) >= 11 is 0. The molecule has 6 heteroatoms. The molecule has 0 atom stereocenters. The third kappa shape index (κ3) is 4.36. The first-order chi connectivity index (χ1) is 14.7. The lowest BCUT2D eigenvalue weighted by Gasteiger charge is -2.40.